The summed E-state index contributed by atoms with van der Waals surface area (Å²) in [7, 11) is 0. The quantitative estimate of drug-likeness (QED) is 0.579. The molecule has 2 saturated carbocycles. The maximum atomic E-state index is 13.7. The van der Waals surface area contributed by atoms with Crippen molar-refractivity contribution in [3.63, 3.8) is 0 Å². The van der Waals surface area contributed by atoms with Crippen LogP contribution in [0.4, 0.5) is 5.69 Å². The van der Waals surface area contributed by atoms with E-state index in [0.29, 0.717) is 0 Å². The summed E-state index contributed by atoms with van der Waals surface area (Å²) in [6, 6.07) is 4.22. The normalized spacial score (nSPS) is 30.5. The second-order valence-corrected chi connectivity index (χ2v) is 12.9. The third-order valence-corrected chi connectivity index (χ3v) is 9.66. The number of piperidine rings is 1. The van der Waals surface area contributed by atoms with Crippen LogP contribution in [0.15, 0.2) is 29.3 Å². The van der Waals surface area contributed by atoms with E-state index in [9.17, 15) is 9.59 Å². The molecule has 3 aromatic heterocycles. The second-order valence-electron chi connectivity index (χ2n) is 12.9. The monoisotopic (exact) mass is 500 g/mol. The maximum absolute atomic E-state index is 13.7. The van der Waals surface area contributed by atoms with Gasteiger partial charge in [0.2, 0.25) is 5.91 Å². The summed E-state index contributed by atoms with van der Waals surface area (Å²) < 4.78 is 1.72. The van der Waals surface area contributed by atoms with Crippen LogP contribution >= 0.6 is 0 Å². The molecule has 1 N–H and O–H groups in total. The molecule has 0 bridgehead atoms. The molecule has 8 heteroatoms. The highest BCUT2D eigenvalue weighted by molar-refractivity contribution is 6.08. The van der Waals surface area contributed by atoms with E-state index in [4.69, 9.17) is 4.98 Å². The van der Waals surface area contributed by atoms with E-state index >= 15 is 0 Å². The number of aromatic amines is 1. The lowest BCUT2D eigenvalue weighted by atomic mass is 9.71. The van der Waals surface area contributed by atoms with Gasteiger partial charge in [0.05, 0.1) is 39.7 Å². The van der Waals surface area contributed by atoms with Crippen molar-refractivity contribution in [1.29, 1.82) is 0 Å². The zero-order valence-electron chi connectivity index (χ0n) is 22.4. The number of carbonyl (C=O) groups excluding carboxylic acids is 1. The van der Waals surface area contributed by atoms with Crippen molar-refractivity contribution in [2.45, 2.75) is 83.3 Å². The van der Waals surface area contributed by atoms with Gasteiger partial charge in [0.25, 0.3) is 0 Å². The van der Waals surface area contributed by atoms with Crippen LogP contribution in [0.5, 0.6) is 0 Å². The molecule has 0 spiro atoms. The Morgan fingerprint density at radius 1 is 1.05 bits per heavy atom. The average Bonchev–Trinajstić information content (AvgIpc) is 3.50. The summed E-state index contributed by atoms with van der Waals surface area (Å²) in [4.78, 5) is 43.3. The molecule has 2 aliphatic heterocycles. The molecule has 1 amide bonds. The van der Waals surface area contributed by atoms with E-state index < -0.39 is 5.41 Å². The van der Waals surface area contributed by atoms with Crippen LogP contribution in [-0.2, 0) is 10.2 Å². The number of nitrogens with one attached hydrogen (secondary N) is 1. The van der Waals surface area contributed by atoms with Gasteiger partial charge in [-0.05, 0) is 90.8 Å². The van der Waals surface area contributed by atoms with Crippen molar-refractivity contribution < 1.29 is 4.79 Å². The predicted molar refractivity (Wildman–Crippen MR) is 144 cm³/mol. The molecule has 2 aliphatic carbocycles. The standard InChI is InChI=1S/C29H36N6O2/c1-16(2)34-24-14-30-21(10-22(24)32-27(34)37)18-9-23-25(31-13-18)28(3,4)26(36)35(23)20-11-29(5,12-20)33-7-6-17-8-19(17)15-33/h9-10,13-14,16-17,19-20H,6-8,11-12,15H2,1-5H3,(H,32,37)/t17?,19-,20?,29?/m1/s1. The third kappa shape index (κ3) is 3.30. The van der Waals surface area contributed by atoms with E-state index in [1.165, 1.54) is 25.9 Å². The molecule has 5 heterocycles. The molecule has 194 valence electrons. The van der Waals surface area contributed by atoms with Crippen LogP contribution in [0.1, 0.15) is 72.0 Å². The Labute approximate surface area is 217 Å². The van der Waals surface area contributed by atoms with Gasteiger partial charge in [-0.1, -0.05) is 0 Å². The number of aromatic nitrogens is 4. The van der Waals surface area contributed by atoms with Gasteiger partial charge in [-0.15, -0.1) is 0 Å². The number of H-pyrrole nitrogens is 1. The summed E-state index contributed by atoms with van der Waals surface area (Å²) >= 11 is 0. The largest absolute Gasteiger partial charge is 0.326 e. The van der Waals surface area contributed by atoms with Crippen LogP contribution in [-0.4, -0.2) is 55.0 Å². The molecule has 0 aromatic carbocycles. The highest BCUT2D eigenvalue weighted by atomic mass is 16.2. The first-order valence-electron chi connectivity index (χ1n) is 13.8. The second kappa shape index (κ2) is 7.53. The number of hydrogen-bond donors (Lipinski definition) is 1. The van der Waals surface area contributed by atoms with E-state index in [-0.39, 0.29) is 29.2 Å². The van der Waals surface area contributed by atoms with Crippen molar-refractivity contribution in [3.05, 3.63) is 40.7 Å². The summed E-state index contributed by atoms with van der Waals surface area (Å²) in [5, 5.41) is 0. The van der Waals surface area contributed by atoms with Crippen LogP contribution in [0.3, 0.4) is 0 Å². The number of carbonyl (C=O) groups is 1. The Morgan fingerprint density at radius 2 is 1.84 bits per heavy atom. The lowest BCUT2D eigenvalue weighted by molar-refractivity contribution is -0.123. The molecule has 4 aliphatic rings. The predicted octanol–water partition coefficient (Wildman–Crippen LogP) is 4.25. The Bertz CT molecular complexity index is 1490. The minimum atomic E-state index is -0.649. The van der Waals surface area contributed by atoms with Gasteiger partial charge in [-0.25, -0.2) is 4.79 Å². The van der Waals surface area contributed by atoms with Gasteiger partial charge in [-0.2, -0.15) is 0 Å². The fraction of sp³-hybridized carbons (Fsp3) is 0.586. The molecule has 7 rings (SSSR count). The molecule has 0 radical (unpaired) electrons. The lowest BCUT2D eigenvalue weighted by Gasteiger charge is -2.55. The zero-order chi connectivity index (χ0) is 25.9. The first-order chi connectivity index (χ1) is 17.6. The number of hydrogen-bond acceptors (Lipinski definition) is 5. The van der Waals surface area contributed by atoms with Gasteiger partial charge in [0.1, 0.15) is 0 Å². The molecular weight excluding hydrogens is 464 g/mol. The van der Waals surface area contributed by atoms with Gasteiger partial charge in [0.15, 0.2) is 0 Å². The maximum Gasteiger partial charge on any atom is 0.326 e. The van der Waals surface area contributed by atoms with Crippen molar-refractivity contribution in [3.8, 4) is 11.3 Å². The Balaban J connectivity index is 1.21. The Kier molecular flexibility index (Phi) is 4.71. The van der Waals surface area contributed by atoms with Crippen LogP contribution in [0.2, 0.25) is 0 Å². The number of fused-ring (bicyclic) bond motifs is 3. The first kappa shape index (κ1) is 23.1. The summed E-state index contributed by atoms with van der Waals surface area (Å²) in [6.07, 6.45) is 8.32. The number of rotatable bonds is 4. The van der Waals surface area contributed by atoms with Crippen LogP contribution in [0, 0.1) is 11.8 Å². The van der Waals surface area contributed by atoms with Crippen molar-refractivity contribution in [1.82, 2.24) is 24.4 Å². The van der Waals surface area contributed by atoms with E-state index in [2.05, 4.69) is 27.9 Å². The fourth-order valence-corrected chi connectivity index (χ4v) is 7.30. The van der Waals surface area contributed by atoms with Crippen LogP contribution in [0.25, 0.3) is 22.3 Å². The van der Waals surface area contributed by atoms with E-state index in [0.717, 1.165) is 58.3 Å². The van der Waals surface area contributed by atoms with Crippen molar-refractivity contribution in [2.75, 3.05) is 18.0 Å². The summed E-state index contributed by atoms with van der Waals surface area (Å²) in [5.74, 6) is 2.02. The van der Waals surface area contributed by atoms with Gasteiger partial charge in [0, 0.05) is 35.9 Å². The molecule has 8 nitrogen and oxygen atoms in total. The number of amides is 1. The fourth-order valence-electron chi connectivity index (χ4n) is 7.30. The zero-order valence-corrected chi connectivity index (χ0v) is 22.4. The molecule has 3 fully saturated rings. The third-order valence-electron chi connectivity index (χ3n) is 9.66. The number of likely N-dealkylation sites (tertiary alicyclic amines) is 1. The van der Waals surface area contributed by atoms with E-state index in [1.54, 1.807) is 10.8 Å². The molecule has 1 saturated heterocycles. The van der Waals surface area contributed by atoms with Gasteiger partial charge in [-0.3, -0.25) is 24.2 Å². The lowest BCUT2D eigenvalue weighted by Crippen LogP contribution is -2.64. The number of anilines is 1. The highest BCUT2D eigenvalue weighted by Crippen LogP contribution is 2.52. The average molecular weight is 501 g/mol. The number of imidazole rings is 1. The summed E-state index contributed by atoms with van der Waals surface area (Å²) in [5.41, 5.74) is 4.29. The van der Waals surface area contributed by atoms with Crippen molar-refractivity contribution >= 4 is 22.6 Å². The molecule has 37 heavy (non-hydrogen) atoms. The van der Waals surface area contributed by atoms with E-state index in [1.807, 2.05) is 44.9 Å². The Hall–Kier alpha value is -3.00. The highest BCUT2D eigenvalue weighted by Gasteiger charge is 2.56. The number of pyridine rings is 2. The SMILES string of the molecule is CC(C)n1c(=O)[nH]c2cc(-c3cnc4c(c3)N(C3CC(C)(N5CCC6C[C@@H]6C5)C3)C(=O)C4(C)C)ncc21. The first-order valence-corrected chi connectivity index (χ1v) is 13.8. The van der Waals surface area contributed by atoms with Crippen LogP contribution < -0.4 is 10.6 Å². The topological polar surface area (TPSA) is 87.1 Å². The number of nitrogens with zero attached hydrogens (tertiary/aromatic N) is 5. The minimum Gasteiger partial charge on any atom is -0.307 e. The smallest absolute Gasteiger partial charge is 0.307 e. The van der Waals surface area contributed by atoms with Crippen molar-refractivity contribution in [2.24, 2.45) is 11.8 Å². The van der Waals surface area contributed by atoms with Gasteiger partial charge >= 0.3 is 5.69 Å². The summed E-state index contributed by atoms with van der Waals surface area (Å²) in [6.45, 7) is 12.8. The molecular formula is C29H36N6O2. The van der Waals surface area contributed by atoms with Gasteiger partial charge < -0.3 is 9.88 Å². The molecule has 1 unspecified atom stereocenters. The Morgan fingerprint density at radius 3 is 2.57 bits per heavy atom. The molecule has 2 atom stereocenters. The molecule has 3 aromatic rings. The minimum absolute atomic E-state index is 0.0427.